The molecular weight excluding hydrogens is 145 g/mol. The molecule has 4 atom stereocenters. The number of aliphatic hydroxyl groups is 1. The zero-order chi connectivity index (χ0) is 8.06. The minimum absolute atomic E-state index is 0.248. The Morgan fingerprint density at radius 1 is 1.73 bits per heavy atom. The lowest BCUT2D eigenvalue weighted by Crippen LogP contribution is -2.47. The molecule has 2 fully saturated rings. The number of nitrogens with two attached hydrogens (primary N) is 1. The second-order valence-corrected chi connectivity index (χ2v) is 3.07. The Morgan fingerprint density at radius 3 is 2.73 bits per heavy atom. The van der Waals surface area contributed by atoms with E-state index >= 15 is 0 Å². The fraction of sp³-hybridized carbons (Fsp3) is 1.00. The van der Waals surface area contributed by atoms with E-state index in [0.29, 0.717) is 6.61 Å². The molecular formula is C6H10BNO3. The zero-order valence-electron chi connectivity index (χ0n) is 6.06. The van der Waals surface area contributed by atoms with Crippen LogP contribution in [0.5, 0.6) is 0 Å². The number of rotatable bonds is 1. The molecule has 2 aliphatic rings. The predicted molar refractivity (Wildman–Crippen MR) is 38.2 cm³/mol. The van der Waals surface area contributed by atoms with Gasteiger partial charge in [-0.1, -0.05) is 0 Å². The summed E-state index contributed by atoms with van der Waals surface area (Å²) in [7, 11) is 5.51. The van der Waals surface area contributed by atoms with E-state index in [1.165, 1.54) is 0 Å². The highest BCUT2D eigenvalue weighted by molar-refractivity contribution is 6.11. The molecule has 0 spiro atoms. The van der Waals surface area contributed by atoms with Gasteiger partial charge in [-0.25, -0.2) is 0 Å². The van der Waals surface area contributed by atoms with Gasteiger partial charge in [0.25, 0.3) is 0 Å². The molecule has 5 heteroatoms. The molecule has 1 unspecified atom stereocenters. The van der Waals surface area contributed by atoms with Crippen LogP contribution in [-0.4, -0.2) is 49.9 Å². The quantitative estimate of drug-likeness (QED) is 0.428. The van der Waals surface area contributed by atoms with Gasteiger partial charge in [-0.2, -0.15) is 0 Å². The van der Waals surface area contributed by atoms with Crippen molar-refractivity contribution in [1.29, 1.82) is 0 Å². The molecule has 11 heavy (non-hydrogen) atoms. The van der Waals surface area contributed by atoms with Crippen molar-refractivity contribution in [3.63, 3.8) is 0 Å². The standard InChI is InChI=1S/C6H10BNO3/c7-5-3-4(9)6(1-8,11-5)2-10-3/h3-5,9H,1-2,8H2/t3-,4?,5+,6+/m0/s1. The van der Waals surface area contributed by atoms with Crippen molar-refractivity contribution in [2.75, 3.05) is 13.2 Å². The SMILES string of the molecule is [B][C@@H]1O[C@]2(CN)CO[C@H]1C2O. The summed E-state index contributed by atoms with van der Waals surface area (Å²) in [5, 5.41) is 9.54. The molecule has 3 N–H and O–H groups in total. The van der Waals surface area contributed by atoms with Gasteiger partial charge in [0.2, 0.25) is 0 Å². The van der Waals surface area contributed by atoms with Gasteiger partial charge in [0.1, 0.15) is 25.7 Å². The van der Waals surface area contributed by atoms with Crippen LogP contribution < -0.4 is 5.73 Å². The van der Waals surface area contributed by atoms with Crippen LogP contribution in [0.3, 0.4) is 0 Å². The first-order valence-electron chi connectivity index (χ1n) is 3.63. The zero-order valence-corrected chi connectivity index (χ0v) is 6.06. The van der Waals surface area contributed by atoms with Crippen molar-refractivity contribution in [3.8, 4) is 0 Å². The molecule has 60 valence electrons. The average molecular weight is 155 g/mol. The Balaban J connectivity index is 2.24. The molecule has 0 aromatic carbocycles. The van der Waals surface area contributed by atoms with Gasteiger partial charge in [0.05, 0.1) is 6.61 Å². The van der Waals surface area contributed by atoms with Crippen LogP contribution in [-0.2, 0) is 9.47 Å². The summed E-state index contributed by atoms with van der Waals surface area (Å²) in [5.41, 5.74) is 4.71. The lowest BCUT2D eigenvalue weighted by molar-refractivity contribution is -0.112. The number of ether oxygens (including phenoxy) is 2. The Morgan fingerprint density at radius 2 is 2.45 bits per heavy atom. The van der Waals surface area contributed by atoms with Crippen LogP contribution in [0.2, 0.25) is 0 Å². The van der Waals surface area contributed by atoms with E-state index in [-0.39, 0.29) is 6.54 Å². The number of fused-ring (bicyclic) bond motifs is 2. The molecule has 4 nitrogen and oxygen atoms in total. The van der Waals surface area contributed by atoms with E-state index in [1.54, 1.807) is 0 Å². The monoisotopic (exact) mass is 155 g/mol. The van der Waals surface area contributed by atoms with E-state index in [9.17, 15) is 5.11 Å². The maximum atomic E-state index is 9.54. The summed E-state index contributed by atoms with van der Waals surface area (Å²) in [4.78, 5) is 0. The average Bonchev–Trinajstić information content (AvgIpc) is 2.42. The topological polar surface area (TPSA) is 64.7 Å². The third kappa shape index (κ3) is 0.795. The van der Waals surface area contributed by atoms with Gasteiger partial charge in [-0.3, -0.25) is 0 Å². The molecule has 2 bridgehead atoms. The molecule has 0 aromatic rings. The first-order chi connectivity index (χ1) is 5.19. The second kappa shape index (κ2) is 2.20. The fourth-order valence-corrected chi connectivity index (χ4v) is 1.66. The lowest BCUT2D eigenvalue weighted by Gasteiger charge is -2.27. The van der Waals surface area contributed by atoms with Crippen LogP contribution in [0.25, 0.3) is 0 Å². The smallest absolute Gasteiger partial charge is 0.131 e. The predicted octanol–water partition coefficient (Wildman–Crippen LogP) is -2.03. The maximum absolute atomic E-state index is 9.54. The first-order valence-corrected chi connectivity index (χ1v) is 3.63. The van der Waals surface area contributed by atoms with Crippen LogP contribution in [0, 0.1) is 0 Å². The van der Waals surface area contributed by atoms with E-state index in [4.69, 9.17) is 23.1 Å². The highest BCUT2D eigenvalue weighted by Gasteiger charge is 2.58. The highest BCUT2D eigenvalue weighted by atomic mass is 16.6. The first kappa shape index (κ1) is 7.55. The van der Waals surface area contributed by atoms with E-state index < -0.39 is 23.8 Å². The van der Waals surface area contributed by atoms with Gasteiger partial charge >= 0.3 is 0 Å². The Kier molecular flexibility index (Phi) is 1.51. The molecule has 2 saturated heterocycles. The summed E-state index contributed by atoms with van der Waals surface area (Å²) < 4.78 is 10.5. The van der Waals surface area contributed by atoms with Gasteiger partial charge in [-0.15, -0.1) is 0 Å². The Bertz CT molecular complexity index is 179. The minimum Gasteiger partial charge on any atom is -0.387 e. The molecule has 2 radical (unpaired) electrons. The van der Waals surface area contributed by atoms with Crippen molar-refractivity contribution in [3.05, 3.63) is 0 Å². The molecule has 2 aliphatic heterocycles. The molecule has 0 saturated carbocycles. The minimum atomic E-state index is -0.732. The third-order valence-corrected chi connectivity index (χ3v) is 2.41. The van der Waals surface area contributed by atoms with Crippen molar-refractivity contribution >= 4 is 7.85 Å². The highest BCUT2D eigenvalue weighted by Crippen LogP contribution is 2.37. The molecule has 2 heterocycles. The normalized spacial score (nSPS) is 55.3. The molecule has 0 aromatic heterocycles. The van der Waals surface area contributed by atoms with Crippen LogP contribution in [0.1, 0.15) is 0 Å². The van der Waals surface area contributed by atoms with Crippen molar-refractivity contribution in [2.45, 2.75) is 23.8 Å². The second-order valence-electron chi connectivity index (χ2n) is 3.07. The maximum Gasteiger partial charge on any atom is 0.131 e. The third-order valence-electron chi connectivity index (χ3n) is 2.41. The van der Waals surface area contributed by atoms with Crippen LogP contribution in [0.15, 0.2) is 0 Å². The van der Waals surface area contributed by atoms with Gasteiger partial charge in [0, 0.05) is 12.5 Å². The van der Waals surface area contributed by atoms with Gasteiger partial charge < -0.3 is 20.3 Å². The van der Waals surface area contributed by atoms with E-state index in [1.807, 2.05) is 0 Å². The van der Waals surface area contributed by atoms with Gasteiger partial charge in [-0.05, 0) is 0 Å². The summed E-state index contributed by atoms with van der Waals surface area (Å²) >= 11 is 0. The Hall–Kier alpha value is -0.0951. The number of hydrogen-bond donors (Lipinski definition) is 2. The summed E-state index contributed by atoms with van der Waals surface area (Å²) in [6.45, 7) is 0.599. The Labute approximate surface area is 66.1 Å². The summed E-state index contributed by atoms with van der Waals surface area (Å²) in [6.07, 6.45) is -1.05. The van der Waals surface area contributed by atoms with E-state index in [0.717, 1.165) is 0 Å². The molecule has 0 amide bonds. The lowest BCUT2D eigenvalue weighted by atomic mass is 9.92. The van der Waals surface area contributed by atoms with Crippen LogP contribution in [0.4, 0.5) is 0 Å². The number of aliphatic hydroxyl groups excluding tert-OH is 1. The van der Waals surface area contributed by atoms with Crippen LogP contribution >= 0.6 is 0 Å². The molecule has 2 rings (SSSR count). The van der Waals surface area contributed by atoms with Gasteiger partial charge in [0.15, 0.2) is 0 Å². The van der Waals surface area contributed by atoms with Crippen molar-refractivity contribution < 1.29 is 14.6 Å². The molecule has 0 aliphatic carbocycles. The summed E-state index contributed by atoms with van der Waals surface area (Å²) in [6, 6.07) is -0.526. The van der Waals surface area contributed by atoms with Crippen molar-refractivity contribution in [1.82, 2.24) is 0 Å². The largest absolute Gasteiger partial charge is 0.387 e. The van der Waals surface area contributed by atoms with Crippen molar-refractivity contribution in [2.24, 2.45) is 5.73 Å². The number of hydrogen-bond acceptors (Lipinski definition) is 4. The van der Waals surface area contributed by atoms with E-state index in [2.05, 4.69) is 0 Å². The fourth-order valence-electron chi connectivity index (χ4n) is 1.66. The summed E-state index contributed by atoms with van der Waals surface area (Å²) in [5.74, 6) is 0.